The smallest absolute Gasteiger partial charge is 0.329 e. The number of methoxy groups -OCH3 is 3. The predicted octanol–water partition coefficient (Wildman–Crippen LogP) is 5.89. The highest BCUT2D eigenvalue weighted by molar-refractivity contribution is 6.39. The number of ketones is 1. The van der Waals surface area contributed by atoms with Crippen LogP contribution in [-0.2, 0) is 65.6 Å². The zero-order chi connectivity index (χ0) is 89.2. The lowest BCUT2D eigenvalue weighted by Crippen LogP contribution is -2.61. The van der Waals surface area contributed by atoms with Crippen molar-refractivity contribution in [3.05, 3.63) is 114 Å². The molecule has 4 aliphatic heterocycles. The number of anilines is 4. The van der Waals surface area contributed by atoms with E-state index < -0.39 is 96.0 Å². The number of nitrogens with one attached hydrogen (secondary N) is 2. The Hall–Kier alpha value is -10.7. The molecule has 1 aliphatic carbocycles. The number of fused-ring (bicyclic) bond motifs is 5. The number of hydrogen-bond acceptors (Lipinski definition) is 33. The molecule has 3 amide bonds. The number of cyclic esters (lactones) is 1. The van der Waals surface area contributed by atoms with Crippen molar-refractivity contribution in [2.75, 3.05) is 102 Å². The van der Waals surface area contributed by atoms with Gasteiger partial charge in [0.15, 0.2) is 17.8 Å². The second-order valence-electron chi connectivity index (χ2n) is 33.6. The number of amides is 3. The molecule has 3 saturated heterocycles. The Morgan fingerprint density at radius 3 is 2.35 bits per heavy atom. The summed E-state index contributed by atoms with van der Waals surface area (Å²) < 4.78 is 44.7. The number of piperidine rings is 1. The van der Waals surface area contributed by atoms with Gasteiger partial charge < -0.3 is 100 Å². The zero-order valence-corrected chi connectivity index (χ0v) is 72.7. The molecule has 1 unspecified atom stereocenters. The molecule has 10 heterocycles. The fraction of sp³-hybridized carbons (Fsp3) is 0.586. The first-order valence-corrected chi connectivity index (χ1v) is 43.1. The van der Waals surface area contributed by atoms with Crippen LogP contribution in [0.2, 0.25) is 0 Å². The molecule has 17 atom stereocenters. The number of carbonyl (C=O) groups excluding carboxylic acids is 5. The highest BCUT2D eigenvalue weighted by Gasteiger charge is 2.53. The van der Waals surface area contributed by atoms with Crippen LogP contribution >= 0.6 is 0 Å². The van der Waals surface area contributed by atoms with Crippen LogP contribution in [0.3, 0.4) is 0 Å². The van der Waals surface area contributed by atoms with Crippen LogP contribution in [0.4, 0.5) is 23.7 Å². The van der Waals surface area contributed by atoms with Crippen molar-refractivity contribution in [3.8, 4) is 16.9 Å². The number of carbonyl (C=O) groups is 5. The number of hydrogen-bond donors (Lipinski definition) is 9. The fourth-order valence-electron chi connectivity index (χ4n) is 17.2. The molecule has 125 heavy (non-hydrogen) atoms. The number of allylic oxidation sites excluding steroid dienone is 5. The average molecular weight is 1730 g/mol. The van der Waals surface area contributed by atoms with E-state index in [2.05, 4.69) is 68.8 Å². The summed E-state index contributed by atoms with van der Waals surface area (Å²) in [6, 6.07) is 3.77. The number of aliphatic hydroxyl groups excluding tert-OH is 4. The Labute approximate surface area is 725 Å². The summed E-state index contributed by atoms with van der Waals surface area (Å²) in [5.41, 5.74) is 17.7. The molecule has 2 bridgehead atoms. The third-order valence-electron chi connectivity index (χ3n) is 24.5. The van der Waals surface area contributed by atoms with E-state index in [1.807, 2.05) is 60.9 Å². The van der Waals surface area contributed by atoms with Gasteiger partial charge in [0, 0.05) is 116 Å². The molecular weight excluding hydrogens is 1610 g/mol. The topological polar surface area (TPSA) is 501 Å². The number of ether oxygens (including phenoxy) is 6. The monoisotopic (exact) mass is 1730 g/mol. The maximum Gasteiger partial charge on any atom is 0.329 e. The summed E-state index contributed by atoms with van der Waals surface area (Å²) in [5, 5.41) is 82.7. The fourth-order valence-corrected chi connectivity index (χ4v) is 17.2. The SMILES string of the molecule is CO[C@H]1C[C@@H]2CC[C@@H](C)[C@@](O)(O2)C(=O)C(=O)N2CCCC[C@H]2C(=O)O[C@H]([C@H](C)C[C@@H]2CC[C@@H](O)[C@H](OC)C2)C[C@@H](O)[C@H](C)/C=C(\C)[C@@H](O)[C@@H](OC)/C(=N/OCc2cn(-c3cnc(N4CCN(c5ncc(C(=O)NCCOCCC(=O)NCCn6nc(-c7ccc8oc(N)nc8c7)c7c(N)ncnc76)cn5)CC4CO)nc3)nn2)[C@H](C)C[C@H](C)/C=C/C=C/C=C/1C. The van der Waals surface area contributed by atoms with Crippen LogP contribution in [-0.4, -0.2) is 272 Å². The molecule has 0 spiro atoms. The highest BCUT2D eigenvalue weighted by atomic mass is 16.6. The van der Waals surface area contributed by atoms with Crippen LogP contribution < -0.4 is 31.9 Å². The van der Waals surface area contributed by atoms with Gasteiger partial charge in [-0.05, 0) is 125 Å². The zero-order valence-electron chi connectivity index (χ0n) is 72.7. The predicted molar refractivity (Wildman–Crippen MR) is 461 cm³/mol. The largest absolute Gasteiger partial charge is 0.460 e. The molecule has 38 heteroatoms. The summed E-state index contributed by atoms with van der Waals surface area (Å²) in [6.45, 7) is 14.9. The molecule has 11 N–H and O–H groups in total. The van der Waals surface area contributed by atoms with E-state index in [9.17, 15) is 49.5 Å². The molecule has 12 rings (SSSR count). The number of oxime groups is 1. The van der Waals surface area contributed by atoms with Gasteiger partial charge in [0.2, 0.25) is 23.6 Å². The number of nitrogens with zero attached hydrogens (tertiary/aromatic N) is 16. The number of oxazole rings is 1. The van der Waals surface area contributed by atoms with Crippen molar-refractivity contribution < 1.29 is 87.2 Å². The van der Waals surface area contributed by atoms with Gasteiger partial charge in [-0.2, -0.15) is 10.1 Å². The van der Waals surface area contributed by atoms with Crippen LogP contribution in [0.5, 0.6) is 0 Å². The van der Waals surface area contributed by atoms with Crippen LogP contribution in [0.1, 0.15) is 148 Å². The number of nitrogens with two attached hydrogens (primary N) is 2. The average Bonchev–Trinajstić information content (AvgIpc) is 1.38. The summed E-state index contributed by atoms with van der Waals surface area (Å²) in [4.78, 5) is 112. The molecule has 7 aromatic rings. The first kappa shape index (κ1) is 93.5. The molecule has 38 nitrogen and oxygen atoms in total. The Balaban J connectivity index is 0.653. The van der Waals surface area contributed by atoms with Crippen LogP contribution in [0.15, 0.2) is 113 Å². The van der Waals surface area contributed by atoms with Crippen LogP contribution in [0, 0.1) is 35.5 Å². The number of aromatic nitrogens is 12. The maximum absolute atomic E-state index is 14.8. The van der Waals surface area contributed by atoms with E-state index in [0.717, 1.165) is 5.57 Å². The summed E-state index contributed by atoms with van der Waals surface area (Å²) in [6.07, 6.45) is 19.4. The normalized spacial score (nSPS) is 28.9. The van der Waals surface area contributed by atoms with E-state index in [-0.39, 0.29) is 131 Å². The molecular formula is C87H120N20O18. The highest BCUT2D eigenvalue weighted by Crippen LogP contribution is 2.40. The van der Waals surface area contributed by atoms with Crippen molar-refractivity contribution in [2.24, 2.45) is 40.7 Å². The summed E-state index contributed by atoms with van der Waals surface area (Å²) in [7, 11) is 4.62. The van der Waals surface area contributed by atoms with E-state index in [4.69, 9.17) is 59.4 Å². The minimum atomic E-state index is -2.47. The van der Waals surface area contributed by atoms with Crippen molar-refractivity contribution in [1.29, 1.82) is 0 Å². The Kier molecular flexibility index (Phi) is 32.5. The minimum Gasteiger partial charge on any atom is -0.460 e. The standard InChI is InChI=1S/C87H120N20O18/c1-50-16-12-11-13-17-51(2)69(118-8)39-63-22-19-56(7)87(117,125-63)78(113)82(115)105-28-15-14-18-65(105)83(116)123-70(53(4)36-57-20-23-66(109)71(37-57)119-9)40-67(110)52(3)35-55(6)76(112)77(120-10)74(54(5)34-50)101-122-48-60-45-107(102-99-60)61-43-94-86(95-44-61)104-31-30-103(46-62(104)47-108)85-92-41-59(42-93-85)81(114)91-27-33-121-32-25-72(111)90-26-29-106-80-73(79(88)96-49-97-80)75(100-106)58-21-24-68-64(38-58)98-84(89)124-68/h11-13,16-17,21,24,35,38,41-45,49-50,52-54,56-57,62-63,65-67,69-71,76-77,108-110,112,117H,14-15,18-20,22-23,25-34,36-37,39-40,46-48H2,1-10H3,(H2,89,98)(H,90,111)(H,91,114)(H2,88,96,97)/b13-11+,16-12+,51-17+,55-35+,101-74+/t50-,52-,53-,54-,56-,57+,62?,63+,65+,66-,67-,69+,70+,71-,76-,77+,87-/m1/s1. The summed E-state index contributed by atoms with van der Waals surface area (Å²) >= 11 is 0. The third-order valence-corrected chi connectivity index (χ3v) is 24.5. The van der Waals surface area contributed by atoms with Gasteiger partial charge in [0.1, 0.15) is 59.1 Å². The van der Waals surface area contributed by atoms with Crippen molar-refractivity contribution in [1.82, 2.24) is 75.2 Å². The Morgan fingerprint density at radius 1 is 0.808 bits per heavy atom. The van der Waals surface area contributed by atoms with Gasteiger partial charge in [0.25, 0.3) is 23.6 Å². The quantitative estimate of drug-likeness (QED) is 0.0112. The van der Waals surface area contributed by atoms with Gasteiger partial charge in [0.05, 0.1) is 98.2 Å². The Morgan fingerprint density at radius 2 is 1.59 bits per heavy atom. The van der Waals surface area contributed by atoms with Crippen molar-refractivity contribution >= 4 is 81.0 Å². The molecule has 1 saturated carbocycles. The van der Waals surface area contributed by atoms with E-state index in [1.54, 1.807) is 76.5 Å². The van der Waals surface area contributed by atoms with Gasteiger partial charge in [-0.25, -0.2) is 44.1 Å². The van der Waals surface area contributed by atoms with Crippen LogP contribution in [0.25, 0.3) is 39.1 Å². The molecule has 676 valence electrons. The molecule has 4 fully saturated rings. The number of benzene rings is 1. The van der Waals surface area contributed by atoms with E-state index in [1.165, 1.54) is 35.4 Å². The molecule has 1 aromatic carbocycles. The number of esters is 1. The van der Waals surface area contributed by atoms with Gasteiger partial charge in [-0.3, -0.25) is 19.2 Å². The lowest BCUT2D eigenvalue weighted by Gasteiger charge is -2.43. The minimum absolute atomic E-state index is 0.0351. The number of piperazine rings is 1. The van der Waals surface area contributed by atoms with Gasteiger partial charge >= 0.3 is 5.97 Å². The lowest BCUT2D eigenvalue weighted by molar-refractivity contribution is -0.265. The molecule has 6 aromatic heterocycles. The second kappa shape index (κ2) is 43.5. The van der Waals surface area contributed by atoms with Gasteiger partial charge in [-0.15, -0.1) is 5.10 Å². The maximum atomic E-state index is 14.8. The van der Waals surface area contributed by atoms with Crippen molar-refractivity contribution in [2.45, 2.75) is 212 Å². The van der Waals surface area contributed by atoms with Crippen molar-refractivity contribution in [3.63, 3.8) is 0 Å². The van der Waals surface area contributed by atoms with Gasteiger partial charge in [-0.1, -0.05) is 81.4 Å². The second-order valence-corrected chi connectivity index (χ2v) is 33.6. The lowest BCUT2D eigenvalue weighted by atomic mass is 9.78. The first-order valence-electron chi connectivity index (χ1n) is 43.1. The van der Waals surface area contributed by atoms with E-state index >= 15 is 0 Å². The molecule has 5 aliphatic rings. The number of rotatable bonds is 24. The number of nitrogen functional groups attached to an aromatic ring is 2. The summed E-state index contributed by atoms with van der Waals surface area (Å²) in [5.74, 6) is -7.09. The Bertz CT molecular complexity index is 4960. The first-order chi connectivity index (χ1) is 60.1. The number of aliphatic hydroxyl groups is 5. The molecule has 0 radical (unpaired) electrons. The number of Topliss-reactive ketones (excluding diaryl/α,β-unsaturated/α-hetero) is 1. The van der Waals surface area contributed by atoms with E-state index in [0.29, 0.717) is 145 Å². The third kappa shape index (κ3) is 23.3.